The second kappa shape index (κ2) is 6.52. The standard InChI is InChI=1S/C14H20N4S/c1-4-11(12-7-6-8-19-12)17-13-10(3)9-16-14(18-13)15-5-2/h6-9,11H,4-5H2,1-3H3,(H2,15,16,17,18). The lowest BCUT2D eigenvalue weighted by Gasteiger charge is -2.18. The molecule has 5 heteroatoms. The van der Waals surface area contributed by atoms with Crippen molar-refractivity contribution in [1.29, 1.82) is 0 Å². The quantitative estimate of drug-likeness (QED) is 0.841. The number of hydrogen-bond acceptors (Lipinski definition) is 5. The molecule has 0 aromatic carbocycles. The van der Waals surface area contributed by atoms with Crippen molar-refractivity contribution in [3.63, 3.8) is 0 Å². The molecular formula is C14H20N4S. The number of nitrogens with one attached hydrogen (secondary N) is 2. The lowest BCUT2D eigenvalue weighted by Crippen LogP contribution is -2.12. The number of nitrogens with zero attached hydrogens (tertiary/aromatic N) is 2. The van der Waals surface area contributed by atoms with Crippen molar-refractivity contribution < 1.29 is 0 Å². The first-order chi connectivity index (χ1) is 9.24. The van der Waals surface area contributed by atoms with Gasteiger partial charge < -0.3 is 10.6 Å². The van der Waals surface area contributed by atoms with Crippen LogP contribution in [-0.2, 0) is 0 Å². The van der Waals surface area contributed by atoms with Crippen molar-refractivity contribution in [1.82, 2.24) is 9.97 Å². The zero-order valence-corrected chi connectivity index (χ0v) is 12.4. The molecule has 0 bridgehead atoms. The molecule has 0 aliphatic heterocycles. The van der Waals surface area contributed by atoms with Gasteiger partial charge in [0.2, 0.25) is 5.95 Å². The summed E-state index contributed by atoms with van der Waals surface area (Å²) in [5.41, 5.74) is 1.07. The molecule has 2 heterocycles. The highest BCUT2D eigenvalue weighted by atomic mass is 32.1. The van der Waals surface area contributed by atoms with E-state index >= 15 is 0 Å². The summed E-state index contributed by atoms with van der Waals surface area (Å²) in [6, 6.07) is 4.55. The maximum Gasteiger partial charge on any atom is 0.224 e. The first-order valence-corrected chi connectivity index (χ1v) is 7.50. The maximum atomic E-state index is 4.53. The Labute approximate surface area is 118 Å². The smallest absolute Gasteiger partial charge is 0.224 e. The molecular weight excluding hydrogens is 256 g/mol. The Bertz CT molecular complexity index is 510. The lowest BCUT2D eigenvalue weighted by molar-refractivity contribution is 0.756. The van der Waals surface area contributed by atoms with E-state index in [0.29, 0.717) is 12.0 Å². The van der Waals surface area contributed by atoms with E-state index in [1.54, 1.807) is 11.3 Å². The Morgan fingerprint density at radius 3 is 2.84 bits per heavy atom. The van der Waals surface area contributed by atoms with E-state index in [2.05, 4.69) is 45.0 Å². The summed E-state index contributed by atoms with van der Waals surface area (Å²) in [5.74, 6) is 1.59. The van der Waals surface area contributed by atoms with E-state index in [0.717, 1.165) is 24.3 Å². The van der Waals surface area contributed by atoms with Crippen LogP contribution in [0.15, 0.2) is 23.7 Å². The Kier molecular flexibility index (Phi) is 4.74. The molecule has 0 spiro atoms. The minimum atomic E-state index is 0.308. The van der Waals surface area contributed by atoms with Gasteiger partial charge in [-0.2, -0.15) is 4.98 Å². The molecule has 1 atom stereocenters. The summed E-state index contributed by atoms with van der Waals surface area (Å²) in [7, 11) is 0. The van der Waals surface area contributed by atoms with Crippen molar-refractivity contribution in [2.24, 2.45) is 0 Å². The van der Waals surface area contributed by atoms with E-state index in [1.165, 1.54) is 4.88 Å². The minimum Gasteiger partial charge on any atom is -0.362 e. The zero-order valence-electron chi connectivity index (χ0n) is 11.6. The molecule has 0 aliphatic rings. The first-order valence-electron chi connectivity index (χ1n) is 6.62. The molecule has 0 amide bonds. The normalized spacial score (nSPS) is 12.2. The maximum absolute atomic E-state index is 4.53. The molecule has 1 unspecified atom stereocenters. The van der Waals surface area contributed by atoms with Gasteiger partial charge in [0.05, 0.1) is 6.04 Å². The molecule has 2 N–H and O–H groups in total. The van der Waals surface area contributed by atoms with Crippen LogP contribution in [0.1, 0.15) is 36.8 Å². The number of hydrogen-bond donors (Lipinski definition) is 2. The fourth-order valence-electron chi connectivity index (χ4n) is 1.86. The fraction of sp³-hybridized carbons (Fsp3) is 0.429. The Morgan fingerprint density at radius 1 is 1.37 bits per heavy atom. The fourth-order valence-corrected chi connectivity index (χ4v) is 2.72. The number of anilines is 2. The SMILES string of the molecule is CCNc1ncc(C)c(NC(CC)c2cccs2)n1. The van der Waals surface area contributed by atoms with Crippen LogP contribution >= 0.6 is 11.3 Å². The molecule has 0 radical (unpaired) electrons. The van der Waals surface area contributed by atoms with Crippen molar-refractivity contribution in [2.75, 3.05) is 17.2 Å². The van der Waals surface area contributed by atoms with Gasteiger partial charge in [-0.3, -0.25) is 0 Å². The molecule has 2 aromatic heterocycles. The van der Waals surface area contributed by atoms with E-state index in [9.17, 15) is 0 Å². The van der Waals surface area contributed by atoms with Crippen LogP contribution in [0.3, 0.4) is 0 Å². The van der Waals surface area contributed by atoms with Crippen LogP contribution in [0.2, 0.25) is 0 Å². The van der Waals surface area contributed by atoms with Crippen molar-refractivity contribution >= 4 is 23.1 Å². The molecule has 0 saturated heterocycles. The third kappa shape index (κ3) is 3.44. The Hall–Kier alpha value is -1.62. The van der Waals surface area contributed by atoms with Crippen LogP contribution in [0.4, 0.5) is 11.8 Å². The number of rotatable bonds is 6. The van der Waals surface area contributed by atoms with Crippen molar-refractivity contribution in [3.05, 3.63) is 34.2 Å². The predicted molar refractivity (Wildman–Crippen MR) is 81.9 cm³/mol. The molecule has 0 fully saturated rings. The van der Waals surface area contributed by atoms with Gasteiger partial charge in [-0.05, 0) is 31.7 Å². The van der Waals surface area contributed by atoms with Crippen LogP contribution in [0, 0.1) is 6.92 Å². The van der Waals surface area contributed by atoms with Gasteiger partial charge in [0.1, 0.15) is 5.82 Å². The molecule has 102 valence electrons. The molecule has 2 aromatic rings. The summed E-state index contributed by atoms with van der Waals surface area (Å²) < 4.78 is 0. The topological polar surface area (TPSA) is 49.8 Å². The first kappa shape index (κ1) is 13.8. The summed E-state index contributed by atoms with van der Waals surface area (Å²) in [6.45, 7) is 7.07. The van der Waals surface area contributed by atoms with Crippen LogP contribution < -0.4 is 10.6 Å². The zero-order chi connectivity index (χ0) is 13.7. The predicted octanol–water partition coefficient (Wildman–Crippen LogP) is 3.84. The van der Waals surface area contributed by atoms with Gasteiger partial charge in [-0.25, -0.2) is 4.98 Å². The second-order valence-corrected chi connectivity index (χ2v) is 5.36. The Balaban J connectivity index is 2.19. The van der Waals surface area contributed by atoms with E-state index in [-0.39, 0.29) is 0 Å². The highest BCUT2D eigenvalue weighted by Gasteiger charge is 2.12. The van der Waals surface area contributed by atoms with Crippen molar-refractivity contribution in [3.8, 4) is 0 Å². The van der Waals surface area contributed by atoms with Crippen LogP contribution in [-0.4, -0.2) is 16.5 Å². The molecule has 0 saturated carbocycles. The minimum absolute atomic E-state index is 0.308. The van der Waals surface area contributed by atoms with Gasteiger partial charge in [0.15, 0.2) is 0 Å². The monoisotopic (exact) mass is 276 g/mol. The Morgan fingerprint density at radius 2 is 2.21 bits per heavy atom. The van der Waals surface area contributed by atoms with Crippen molar-refractivity contribution in [2.45, 2.75) is 33.2 Å². The number of thiophene rings is 1. The average Bonchev–Trinajstić information content (AvgIpc) is 2.93. The second-order valence-electron chi connectivity index (χ2n) is 4.38. The summed E-state index contributed by atoms with van der Waals surface area (Å²) in [4.78, 5) is 10.1. The molecule has 4 nitrogen and oxygen atoms in total. The van der Waals surface area contributed by atoms with E-state index in [1.807, 2.05) is 20.0 Å². The molecule has 19 heavy (non-hydrogen) atoms. The largest absolute Gasteiger partial charge is 0.362 e. The summed E-state index contributed by atoms with van der Waals surface area (Å²) >= 11 is 1.77. The summed E-state index contributed by atoms with van der Waals surface area (Å²) in [5, 5.41) is 8.77. The van der Waals surface area contributed by atoms with Gasteiger partial charge in [0.25, 0.3) is 0 Å². The third-order valence-corrected chi connectivity index (χ3v) is 3.90. The van der Waals surface area contributed by atoms with Gasteiger partial charge in [-0.15, -0.1) is 11.3 Å². The van der Waals surface area contributed by atoms with Gasteiger partial charge >= 0.3 is 0 Å². The highest BCUT2D eigenvalue weighted by molar-refractivity contribution is 7.10. The third-order valence-electron chi connectivity index (χ3n) is 2.91. The number of aromatic nitrogens is 2. The molecule has 2 rings (SSSR count). The van der Waals surface area contributed by atoms with Crippen LogP contribution in [0.5, 0.6) is 0 Å². The lowest BCUT2D eigenvalue weighted by atomic mass is 10.2. The average molecular weight is 276 g/mol. The van der Waals surface area contributed by atoms with Gasteiger partial charge in [0, 0.05) is 23.2 Å². The molecule has 0 aliphatic carbocycles. The summed E-state index contributed by atoms with van der Waals surface area (Å²) in [6.07, 6.45) is 2.88. The van der Waals surface area contributed by atoms with Crippen LogP contribution in [0.25, 0.3) is 0 Å². The van der Waals surface area contributed by atoms with E-state index in [4.69, 9.17) is 0 Å². The highest BCUT2D eigenvalue weighted by Crippen LogP contribution is 2.26. The van der Waals surface area contributed by atoms with E-state index < -0.39 is 0 Å². The number of aryl methyl sites for hydroxylation is 1. The van der Waals surface area contributed by atoms with Gasteiger partial charge in [-0.1, -0.05) is 13.0 Å².